The minimum Gasteiger partial charge on any atom is -0.331 e. The maximum atomic E-state index is 12.7. The largest absolute Gasteiger partial charge is 0.331 e. The first kappa shape index (κ1) is 19.2. The van der Waals surface area contributed by atoms with Crippen molar-refractivity contribution in [1.29, 1.82) is 0 Å². The van der Waals surface area contributed by atoms with Crippen molar-refractivity contribution in [2.75, 3.05) is 25.2 Å². The van der Waals surface area contributed by atoms with Crippen LogP contribution in [0.5, 0.6) is 0 Å². The topological polar surface area (TPSA) is 62.3 Å². The van der Waals surface area contributed by atoms with Crippen LogP contribution in [-0.4, -0.2) is 41.5 Å². The second kappa shape index (κ2) is 8.41. The van der Waals surface area contributed by atoms with E-state index in [1.807, 2.05) is 54.8 Å². The lowest BCUT2D eigenvalue weighted by Gasteiger charge is -2.17. The number of fused-ring (bicyclic) bond motifs is 1. The van der Waals surface area contributed by atoms with E-state index in [0.29, 0.717) is 0 Å². The summed E-state index contributed by atoms with van der Waals surface area (Å²) in [5.74, 6) is -0.643. The van der Waals surface area contributed by atoms with Gasteiger partial charge in [-0.15, -0.1) is 11.8 Å². The van der Waals surface area contributed by atoms with E-state index in [0.717, 1.165) is 21.4 Å². The molecule has 1 aromatic heterocycles. The average molecular weight is 400 g/mol. The summed E-state index contributed by atoms with van der Waals surface area (Å²) in [5, 5.41) is 4.72. The SMILES string of the molecule is CSc1ccccc1NC(=O)CN(C)C(=O)c1cc2ccccc2c(Cl)n1. The number of anilines is 1. The molecule has 1 heterocycles. The van der Waals surface area contributed by atoms with Gasteiger partial charge in [0.2, 0.25) is 5.91 Å². The molecule has 0 spiro atoms. The number of halogens is 1. The molecule has 5 nitrogen and oxygen atoms in total. The first-order valence-corrected chi connectivity index (χ1v) is 9.83. The predicted molar refractivity (Wildman–Crippen MR) is 111 cm³/mol. The molecular weight excluding hydrogens is 382 g/mol. The van der Waals surface area contributed by atoms with Crippen molar-refractivity contribution in [3.63, 3.8) is 0 Å². The Morgan fingerprint density at radius 2 is 1.85 bits per heavy atom. The van der Waals surface area contributed by atoms with E-state index in [4.69, 9.17) is 11.6 Å². The first-order valence-electron chi connectivity index (χ1n) is 8.23. The molecule has 138 valence electrons. The van der Waals surface area contributed by atoms with Crippen molar-refractivity contribution in [1.82, 2.24) is 9.88 Å². The minimum atomic E-state index is -0.365. The fourth-order valence-corrected chi connectivity index (χ4v) is 3.50. The van der Waals surface area contributed by atoms with Crippen molar-refractivity contribution in [3.05, 3.63) is 65.4 Å². The van der Waals surface area contributed by atoms with Crippen LogP contribution < -0.4 is 5.32 Å². The Hall–Kier alpha value is -2.57. The van der Waals surface area contributed by atoms with Crippen LogP contribution in [0, 0.1) is 0 Å². The predicted octanol–water partition coefficient (Wildman–Crippen LogP) is 4.32. The minimum absolute atomic E-state index is 0.0896. The molecule has 7 heteroatoms. The highest BCUT2D eigenvalue weighted by atomic mass is 35.5. The smallest absolute Gasteiger partial charge is 0.272 e. The van der Waals surface area contributed by atoms with Gasteiger partial charge in [0.25, 0.3) is 5.91 Å². The number of nitrogens with one attached hydrogen (secondary N) is 1. The molecule has 0 radical (unpaired) electrons. The van der Waals surface area contributed by atoms with E-state index in [1.54, 1.807) is 24.9 Å². The van der Waals surface area contributed by atoms with E-state index in [2.05, 4.69) is 10.3 Å². The van der Waals surface area contributed by atoms with Crippen molar-refractivity contribution in [3.8, 4) is 0 Å². The third-order valence-electron chi connectivity index (χ3n) is 4.02. The molecule has 0 aliphatic heterocycles. The standard InChI is InChI=1S/C20H18ClN3O2S/c1-24(12-18(25)22-15-9-5-6-10-17(15)27-2)20(26)16-11-13-7-3-4-8-14(13)19(21)23-16/h3-11H,12H2,1-2H3,(H,22,25). The molecular formula is C20H18ClN3O2S. The number of carbonyl (C=O) groups excluding carboxylic acids is 2. The van der Waals surface area contributed by atoms with Crippen LogP contribution in [-0.2, 0) is 4.79 Å². The van der Waals surface area contributed by atoms with Crippen LogP contribution >= 0.6 is 23.4 Å². The molecule has 0 fully saturated rings. The Bertz CT molecular complexity index is 1010. The number of thioether (sulfide) groups is 1. The summed E-state index contributed by atoms with van der Waals surface area (Å²) < 4.78 is 0. The highest BCUT2D eigenvalue weighted by Gasteiger charge is 2.18. The highest BCUT2D eigenvalue weighted by molar-refractivity contribution is 7.98. The molecule has 0 unspecified atom stereocenters. The summed E-state index contributed by atoms with van der Waals surface area (Å²) >= 11 is 7.74. The molecule has 27 heavy (non-hydrogen) atoms. The van der Waals surface area contributed by atoms with Crippen LogP contribution in [0.25, 0.3) is 10.8 Å². The Morgan fingerprint density at radius 3 is 2.63 bits per heavy atom. The molecule has 0 saturated heterocycles. The Morgan fingerprint density at radius 1 is 1.15 bits per heavy atom. The molecule has 3 aromatic rings. The number of benzene rings is 2. The zero-order chi connectivity index (χ0) is 19.4. The third-order valence-corrected chi connectivity index (χ3v) is 5.11. The number of para-hydroxylation sites is 1. The molecule has 2 aromatic carbocycles. The summed E-state index contributed by atoms with van der Waals surface area (Å²) in [6, 6.07) is 16.6. The van der Waals surface area contributed by atoms with Gasteiger partial charge in [0.1, 0.15) is 10.8 Å². The maximum absolute atomic E-state index is 12.7. The van der Waals surface area contributed by atoms with Crippen LogP contribution in [0.15, 0.2) is 59.5 Å². The Balaban J connectivity index is 1.73. The van der Waals surface area contributed by atoms with Gasteiger partial charge in [-0.2, -0.15) is 0 Å². The third kappa shape index (κ3) is 4.40. The number of hydrogen-bond donors (Lipinski definition) is 1. The van der Waals surface area contributed by atoms with Gasteiger partial charge >= 0.3 is 0 Å². The van der Waals surface area contributed by atoms with Crippen LogP contribution in [0.3, 0.4) is 0 Å². The van der Waals surface area contributed by atoms with E-state index < -0.39 is 0 Å². The molecule has 0 saturated carbocycles. The van der Waals surface area contributed by atoms with Gasteiger partial charge in [-0.25, -0.2) is 4.98 Å². The van der Waals surface area contributed by atoms with Gasteiger partial charge in [0, 0.05) is 17.3 Å². The average Bonchev–Trinajstić information content (AvgIpc) is 2.67. The van der Waals surface area contributed by atoms with Gasteiger partial charge in [0.05, 0.1) is 12.2 Å². The fourth-order valence-electron chi connectivity index (χ4n) is 2.69. The Kier molecular flexibility index (Phi) is 5.98. The summed E-state index contributed by atoms with van der Waals surface area (Å²) in [7, 11) is 1.56. The zero-order valence-electron chi connectivity index (χ0n) is 14.9. The second-order valence-corrected chi connectivity index (χ2v) is 7.14. The fraction of sp³-hybridized carbons (Fsp3) is 0.150. The van der Waals surface area contributed by atoms with E-state index in [1.165, 1.54) is 4.90 Å². The molecule has 0 bridgehead atoms. The molecule has 0 aliphatic carbocycles. The van der Waals surface area contributed by atoms with Crippen molar-refractivity contribution in [2.45, 2.75) is 4.90 Å². The van der Waals surface area contributed by atoms with Crippen molar-refractivity contribution < 1.29 is 9.59 Å². The van der Waals surface area contributed by atoms with Gasteiger partial charge in [-0.3, -0.25) is 9.59 Å². The van der Waals surface area contributed by atoms with Crippen molar-refractivity contribution in [2.24, 2.45) is 0 Å². The van der Waals surface area contributed by atoms with Gasteiger partial charge in [-0.05, 0) is 29.8 Å². The Labute approximate surface area is 166 Å². The number of hydrogen-bond acceptors (Lipinski definition) is 4. The zero-order valence-corrected chi connectivity index (χ0v) is 16.5. The number of rotatable bonds is 5. The summed E-state index contributed by atoms with van der Waals surface area (Å²) in [6.45, 7) is -0.0896. The number of nitrogens with zero attached hydrogens (tertiary/aromatic N) is 2. The molecule has 2 amide bonds. The molecule has 0 atom stereocenters. The lowest BCUT2D eigenvalue weighted by atomic mass is 10.1. The van der Waals surface area contributed by atoms with Gasteiger partial charge < -0.3 is 10.2 Å². The molecule has 1 N–H and O–H groups in total. The second-order valence-electron chi connectivity index (χ2n) is 5.93. The monoisotopic (exact) mass is 399 g/mol. The summed E-state index contributed by atoms with van der Waals surface area (Å²) in [6.07, 6.45) is 1.94. The van der Waals surface area contributed by atoms with Gasteiger partial charge in [0.15, 0.2) is 0 Å². The number of likely N-dealkylation sites (N-methyl/N-ethyl adjacent to an activating group) is 1. The molecule has 0 aliphatic rings. The quantitative estimate of drug-likeness (QED) is 0.512. The number of carbonyl (C=O) groups is 2. The van der Waals surface area contributed by atoms with Gasteiger partial charge in [-0.1, -0.05) is 48.0 Å². The molecule has 3 rings (SSSR count). The number of aromatic nitrogens is 1. The summed E-state index contributed by atoms with van der Waals surface area (Å²) in [5.41, 5.74) is 0.932. The normalized spacial score (nSPS) is 10.6. The van der Waals surface area contributed by atoms with E-state index in [9.17, 15) is 9.59 Å². The number of amides is 2. The maximum Gasteiger partial charge on any atom is 0.272 e. The number of pyridine rings is 1. The van der Waals surface area contributed by atoms with Crippen molar-refractivity contribution >= 4 is 51.6 Å². The first-order chi connectivity index (χ1) is 13.0. The van der Waals surface area contributed by atoms with Crippen LogP contribution in [0.1, 0.15) is 10.5 Å². The van der Waals surface area contributed by atoms with E-state index >= 15 is 0 Å². The lowest BCUT2D eigenvalue weighted by molar-refractivity contribution is -0.116. The highest BCUT2D eigenvalue weighted by Crippen LogP contribution is 2.25. The van der Waals surface area contributed by atoms with E-state index in [-0.39, 0.29) is 29.2 Å². The summed E-state index contributed by atoms with van der Waals surface area (Å²) in [4.78, 5) is 31.5. The lowest BCUT2D eigenvalue weighted by Crippen LogP contribution is -2.35. The van der Waals surface area contributed by atoms with Crippen LogP contribution in [0.2, 0.25) is 5.15 Å². The van der Waals surface area contributed by atoms with Crippen LogP contribution in [0.4, 0.5) is 5.69 Å².